The van der Waals surface area contributed by atoms with Gasteiger partial charge in [0.05, 0.1) is 6.61 Å². The molecule has 0 amide bonds. The fourth-order valence-electron chi connectivity index (χ4n) is 2.09. The molecule has 0 aromatic rings. The number of hydrogen-bond acceptors (Lipinski definition) is 3. The topological polar surface area (TPSA) is 24.5 Å². The molecule has 0 saturated carbocycles. The Hall–Kier alpha value is -0.250. The molecule has 0 spiro atoms. The summed E-state index contributed by atoms with van der Waals surface area (Å²) in [5.74, 6) is 0. The van der Waals surface area contributed by atoms with E-state index in [2.05, 4.69) is 24.4 Å². The molecular weight excluding hydrogens is 188 g/mol. The van der Waals surface area contributed by atoms with Crippen molar-refractivity contribution in [2.75, 3.05) is 20.2 Å². The number of likely N-dealkylation sites (tertiary alicyclic amines) is 1. The number of hydrogen-bond donors (Lipinski definition) is 1. The maximum absolute atomic E-state index is 5.18. The number of nitrogens with zero attached hydrogens (tertiary/aromatic N) is 1. The first kappa shape index (κ1) is 10.8. The zero-order valence-electron chi connectivity index (χ0n) is 8.17. The molecule has 1 atom stereocenters. The van der Waals surface area contributed by atoms with Crippen molar-refractivity contribution in [1.29, 1.82) is 0 Å². The van der Waals surface area contributed by atoms with Gasteiger partial charge in [0.25, 0.3) is 0 Å². The van der Waals surface area contributed by atoms with E-state index in [4.69, 9.17) is 4.84 Å². The van der Waals surface area contributed by atoms with Crippen LogP contribution in [-0.4, -0.2) is 31.1 Å². The van der Waals surface area contributed by atoms with Crippen LogP contribution >= 0.6 is 12.4 Å². The Morgan fingerprint density at radius 1 is 1.54 bits per heavy atom. The molecular formula is C9H17ClN2O. The lowest BCUT2D eigenvalue weighted by Crippen LogP contribution is -2.27. The van der Waals surface area contributed by atoms with E-state index in [0.29, 0.717) is 6.04 Å². The minimum Gasteiger partial charge on any atom is -0.300 e. The number of nitrogens with one attached hydrogen (secondary N) is 1. The molecule has 1 fully saturated rings. The standard InChI is InChI=1S/C9H16N2O.ClH/c1-7-8(6-12-10-7)9-4-3-5-11(9)2;/h9-10H,3-6H2,1-2H3;1H/t9-;/m0./s1. The van der Waals surface area contributed by atoms with Crippen molar-refractivity contribution in [3.63, 3.8) is 0 Å². The second-order valence-corrected chi connectivity index (χ2v) is 3.68. The third kappa shape index (κ3) is 1.98. The predicted octanol–water partition coefficient (Wildman–Crippen LogP) is 1.31. The van der Waals surface area contributed by atoms with Crippen molar-refractivity contribution >= 4 is 12.4 Å². The van der Waals surface area contributed by atoms with Crippen molar-refractivity contribution in [3.8, 4) is 0 Å². The largest absolute Gasteiger partial charge is 0.300 e. The molecule has 2 aliphatic rings. The monoisotopic (exact) mass is 204 g/mol. The maximum atomic E-state index is 5.18. The van der Waals surface area contributed by atoms with Gasteiger partial charge in [0.1, 0.15) is 0 Å². The lowest BCUT2D eigenvalue weighted by molar-refractivity contribution is 0.103. The Kier molecular flexibility index (Phi) is 3.59. The van der Waals surface area contributed by atoms with Gasteiger partial charge in [-0.1, -0.05) is 0 Å². The smallest absolute Gasteiger partial charge is 0.0992 e. The van der Waals surface area contributed by atoms with Gasteiger partial charge in [-0.2, -0.15) is 0 Å². The Balaban J connectivity index is 0.000000845. The van der Waals surface area contributed by atoms with E-state index in [9.17, 15) is 0 Å². The van der Waals surface area contributed by atoms with E-state index in [-0.39, 0.29) is 12.4 Å². The van der Waals surface area contributed by atoms with Gasteiger partial charge >= 0.3 is 0 Å². The lowest BCUT2D eigenvalue weighted by atomic mass is 10.0. The zero-order valence-corrected chi connectivity index (χ0v) is 8.99. The normalized spacial score (nSPS) is 28.9. The lowest BCUT2D eigenvalue weighted by Gasteiger charge is -2.19. The van der Waals surface area contributed by atoms with Crippen molar-refractivity contribution in [2.45, 2.75) is 25.8 Å². The number of hydroxylamine groups is 1. The van der Waals surface area contributed by atoms with Crippen LogP contribution in [0.5, 0.6) is 0 Å². The van der Waals surface area contributed by atoms with Crippen LogP contribution in [0.25, 0.3) is 0 Å². The first-order chi connectivity index (χ1) is 5.79. The second kappa shape index (κ2) is 4.31. The highest BCUT2D eigenvalue weighted by Gasteiger charge is 2.28. The minimum absolute atomic E-state index is 0. The molecule has 0 radical (unpaired) electrons. The van der Waals surface area contributed by atoms with Crippen molar-refractivity contribution in [3.05, 3.63) is 11.3 Å². The molecule has 0 aromatic carbocycles. The van der Waals surface area contributed by atoms with Crippen LogP contribution in [-0.2, 0) is 4.84 Å². The molecule has 2 aliphatic heterocycles. The highest BCUT2D eigenvalue weighted by molar-refractivity contribution is 5.85. The van der Waals surface area contributed by atoms with Gasteiger partial charge in [-0.25, -0.2) is 0 Å². The fraction of sp³-hybridized carbons (Fsp3) is 0.778. The summed E-state index contributed by atoms with van der Waals surface area (Å²) in [6, 6.07) is 0.625. The Morgan fingerprint density at radius 2 is 2.31 bits per heavy atom. The van der Waals surface area contributed by atoms with Crippen LogP contribution in [0, 0.1) is 0 Å². The van der Waals surface area contributed by atoms with E-state index in [1.807, 2.05) is 0 Å². The summed E-state index contributed by atoms with van der Waals surface area (Å²) in [6.45, 7) is 4.08. The molecule has 0 aromatic heterocycles. The summed E-state index contributed by atoms with van der Waals surface area (Å²) in [5.41, 5.74) is 5.58. The third-order valence-corrected chi connectivity index (χ3v) is 2.86. The molecule has 0 aliphatic carbocycles. The quantitative estimate of drug-likeness (QED) is 0.697. The molecule has 2 heterocycles. The number of likely N-dealkylation sites (N-methyl/N-ethyl adjacent to an activating group) is 1. The van der Waals surface area contributed by atoms with Crippen LogP contribution < -0.4 is 5.48 Å². The Morgan fingerprint density at radius 3 is 2.77 bits per heavy atom. The molecule has 1 N–H and O–H groups in total. The summed E-state index contributed by atoms with van der Waals surface area (Å²) in [5, 5.41) is 0. The van der Waals surface area contributed by atoms with E-state index in [0.717, 1.165) is 6.61 Å². The first-order valence-electron chi connectivity index (χ1n) is 4.56. The van der Waals surface area contributed by atoms with Gasteiger partial charge < -0.3 is 0 Å². The summed E-state index contributed by atoms with van der Waals surface area (Å²) in [4.78, 5) is 7.59. The van der Waals surface area contributed by atoms with Gasteiger partial charge in [-0.15, -0.1) is 12.4 Å². The first-order valence-corrected chi connectivity index (χ1v) is 4.56. The average molecular weight is 205 g/mol. The molecule has 13 heavy (non-hydrogen) atoms. The van der Waals surface area contributed by atoms with Gasteiger partial charge in [0.2, 0.25) is 0 Å². The zero-order chi connectivity index (χ0) is 8.55. The van der Waals surface area contributed by atoms with E-state index < -0.39 is 0 Å². The van der Waals surface area contributed by atoms with Crippen molar-refractivity contribution in [2.24, 2.45) is 0 Å². The predicted molar refractivity (Wildman–Crippen MR) is 54.7 cm³/mol. The van der Waals surface area contributed by atoms with Crippen LogP contribution in [0.15, 0.2) is 11.3 Å². The van der Waals surface area contributed by atoms with Gasteiger partial charge in [0.15, 0.2) is 0 Å². The van der Waals surface area contributed by atoms with Crippen LogP contribution in [0.2, 0.25) is 0 Å². The molecule has 4 heteroatoms. The highest BCUT2D eigenvalue weighted by atomic mass is 35.5. The second-order valence-electron chi connectivity index (χ2n) is 3.68. The van der Waals surface area contributed by atoms with Crippen molar-refractivity contribution < 1.29 is 4.84 Å². The highest BCUT2D eigenvalue weighted by Crippen LogP contribution is 2.25. The summed E-state index contributed by atoms with van der Waals surface area (Å²) >= 11 is 0. The number of halogens is 1. The fourth-order valence-corrected chi connectivity index (χ4v) is 2.09. The number of rotatable bonds is 1. The van der Waals surface area contributed by atoms with Crippen LogP contribution in [0.3, 0.4) is 0 Å². The van der Waals surface area contributed by atoms with Gasteiger partial charge in [-0.05, 0) is 38.9 Å². The van der Waals surface area contributed by atoms with Gasteiger partial charge in [0, 0.05) is 11.7 Å². The van der Waals surface area contributed by atoms with Crippen LogP contribution in [0.1, 0.15) is 19.8 Å². The van der Waals surface area contributed by atoms with Crippen molar-refractivity contribution in [1.82, 2.24) is 10.4 Å². The van der Waals surface area contributed by atoms with E-state index >= 15 is 0 Å². The minimum atomic E-state index is 0. The summed E-state index contributed by atoms with van der Waals surface area (Å²) in [7, 11) is 2.19. The Bertz CT molecular complexity index is 218. The molecule has 1 saturated heterocycles. The number of allylic oxidation sites excluding steroid dienone is 1. The van der Waals surface area contributed by atoms with Gasteiger partial charge in [-0.3, -0.25) is 15.2 Å². The van der Waals surface area contributed by atoms with E-state index in [1.54, 1.807) is 0 Å². The summed E-state index contributed by atoms with van der Waals surface area (Å²) < 4.78 is 0. The maximum Gasteiger partial charge on any atom is 0.0992 e. The van der Waals surface area contributed by atoms with E-state index in [1.165, 1.54) is 30.7 Å². The molecule has 3 nitrogen and oxygen atoms in total. The average Bonchev–Trinajstić information content (AvgIpc) is 2.59. The molecule has 76 valence electrons. The molecule has 2 rings (SSSR count). The molecule has 0 bridgehead atoms. The van der Waals surface area contributed by atoms with Crippen LogP contribution in [0.4, 0.5) is 0 Å². The molecule has 0 unspecified atom stereocenters. The SMILES string of the molecule is CC1=C([C@@H]2CCCN2C)CON1.Cl. The summed E-state index contributed by atoms with van der Waals surface area (Å²) in [6.07, 6.45) is 2.60. The Labute approximate surface area is 85.5 Å². The third-order valence-electron chi connectivity index (χ3n) is 2.86.